The lowest BCUT2D eigenvalue weighted by molar-refractivity contribution is -0.120. The molecule has 0 saturated heterocycles. The number of carbonyl (C=O) groups is 1. The average molecular weight is 286 g/mol. The summed E-state index contributed by atoms with van der Waals surface area (Å²) in [6.45, 7) is 3.64. The Hall–Kier alpha value is -2.56. The molecule has 0 fully saturated rings. The van der Waals surface area contributed by atoms with Gasteiger partial charge in [0.15, 0.2) is 0 Å². The van der Waals surface area contributed by atoms with Crippen molar-refractivity contribution in [3.8, 4) is 5.75 Å². The number of aryl methyl sites for hydroxylation is 1. The van der Waals surface area contributed by atoms with E-state index in [0.29, 0.717) is 11.5 Å². The van der Waals surface area contributed by atoms with Gasteiger partial charge in [-0.15, -0.1) is 0 Å². The smallest absolute Gasteiger partial charge is 0.244 e. The summed E-state index contributed by atoms with van der Waals surface area (Å²) in [7, 11) is 1.61. The molecule has 1 heterocycles. The minimum Gasteiger partial charge on any atom is -0.497 e. The number of nitrogens with one attached hydrogen (secondary N) is 1. The zero-order chi connectivity index (χ0) is 15.2. The molecule has 0 aliphatic heterocycles. The monoisotopic (exact) mass is 286 g/mol. The molecule has 2 aromatic rings. The highest BCUT2D eigenvalue weighted by atomic mass is 16.5. The molecule has 2 rings (SSSR count). The predicted octanol–water partition coefficient (Wildman–Crippen LogP) is 2.68. The Balaban J connectivity index is 1.92. The van der Waals surface area contributed by atoms with Gasteiger partial charge in [-0.05, 0) is 43.7 Å². The average Bonchev–Trinajstić information content (AvgIpc) is 2.92. The zero-order valence-corrected chi connectivity index (χ0v) is 12.3. The van der Waals surface area contributed by atoms with E-state index in [-0.39, 0.29) is 12.3 Å². The maximum absolute atomic E-state index is 11.8. The molecular weight excluding hydrogens is 268 g/mol. The Morgan fingerprint density at radius 2 is 1.95 bits per heavy atom. The molecule has 0 bridgehead atoms. The third-order valence-electron chi connectivity index (χ3n) is 2.97. The van der Waals surface area contributed by atoms with Gasteiger partial charge in [-0.1, -0.05) is 12.1 Å². The molecule has 0 spiro atoms. The normalized spacial score (nSPS) is 11.3. The summed E-state index contributed by atoms with van der Waals surface area (Å²) >= 11 is 0. The van der Waals surface area contributed by atoms with Crippen molar-refractivity contribution in [2.45, 2.75) is 20.3 Å². The first-order valence-electron chi connectivity index (χ1n) is 6.61. The van der Waals surface area contributed by atoms with E-state index in [1.54, 1.807) is 14.0 Å². The van der Waals surface area contributed by atoms with Crippen LogP contribution in [0.1, 0.15) is 24.0 Å². The number of furan rings is 1. The standard InChI is InChI=1S/C16H18N2O3/c1-11-4-9-15(21-11)12(2)17-18-16(19)10-13-5-7-14(20-3)8-6-13/h4-9H,10H2,1-3H3,(H,18,19). The van der Waals surface area contributed by atoms with Crippen LogP contribution >= 0.6 is 0 Å². The number of rotatable bonds is 5. The number of benzene rings is 1. The van der Waals surface area contributed by atoms with Crippen LogP contribution in [0, 0.1) is 6.92 Å². The van der Waals surface area contributed by atoms with Crippen molar-refractivity contribution in [3.05, 3.63) is 53.5 Å². The number of amides is 1. The topological polar surface area (TPSA) is 63.8 Å². The second-order valence-corrected chi connectivity index (χ2v) is 4.67. The molecule has 1 amide bonds. The molecule has 0 unspecified atom stereocenters. The number of ether oxygens (including phenoxy) is 1. The molecule has 1 aromatic carbocycles. The van der Waals surface area contributed by atoms with E-state index in [0.717, 1.165) is 17.1 Å². The van der Waals surface area contributed by atoms with Crippen LogP contribution in [0.4, 0.5) is 0 Å². The Kier molecular flexibility index (Phi) is 4.77. The lowest BCUT2D eigenvalue weighted by Crippen LogP contribution is -2.21. The molecule has 110 valence electrons. The van der Waals surface area contributed by atoms with Gasteiger partial charge in [0.05, 0.1) is 13.5 Å². The number of methoxy groups -OCH3 is 1. The first-order valence-corrected chi connectivity index (χ1v) is 6.61. The molecule has 0 aliphatic carbocycles. The zero-order valence-electron chi connectivity index (χ0n) is 12.3. The molecule has 21 heavy (non-hydrogen) atoms. The molecule has 1 N–H and O–H groups in total. The van der Waals surface area contributed by atoms with Gasteiger partial charge in [0.2, 0.25) is 5.91 Å². The van der Waals surface area contributed by atoms with E-state index in [1.165, 1.54) is 0 Å². The maximum Gasteiger partial charge on any atom is 0.244 e. The summed E-state index contributed by atoms with van der Waals surface area (Å²) in [6, 6.07) is 11.0. The second-order valence-electron chi connectivity index (χ2n) is 4.67. The van der Waals surface area contributed by atoms with Crippen LogP contribution in [0.3, 0.4) is 0 Å². The highest BCUT2D eigenvalue weighted by Crippen LogP contribution is 2.11. The van der Waals surface area contributed by atoms with Crippen LogP contribution in [0.2, 0.25) is 0 Å². The van der Waals surface area contributed by atoms with Crippen molar-refractivity contribution >= 4 is 11.6 Å². The molecular formula is C16H18N2O3. The van der Waals surface area contributed by atoms with Gasteiger partial charge >= 0.3 is 0 Å². The lowest BCUT2D eigenvalue weighted by Gasteiger charge is -2.03. The van der Waals surface area contributed by atoms with E-state index < -0.39 is 0 Å². The van der Waals surface area contributed by atoms with E-state index in [2.05, 4.69) is 10.5 Å². The van der Waals surface area contributed by atoms with Crippen molar-refractivity contribution in [1.29, 1.82) is 0 Å². The SMILES string of the molecule is COc1ccc(CC(=O)NN=C(C)c2ccc(C)o2)cc1. The number of nitrogens with zero attached hydrogens (tertiary/aromatic N) is 1. The van der Waals surface area contributed by atoms with Crippen LogP contribution in [0.5, 0.6) is 5.75 Å². The van der Waals surface area contributed by atoms with Gasteiger partial charge in [-0.25, -0.2) is 5.43 Å². The van der Waals surface area contributed by atoms with Crippen molar-refractivity contribution in [3.63, 3.8) is 0 Å². The van der Waals surface area contributed by atoms with Gasteiger partial charge in [-0.2, -0.15) is 5.10 Å². The van der Waals surface area contributed by atoms with Crippen LogP contribution in [-0.4, -0.2) is 18.7 Å². The van der Waals surface area contributed by atoms with E-state index in [9.17, 15) is 4.79 Å². The summed E-state index contributed by atoms with van der Waals surface area (Å²) in [5, 5.41) is 4.04. The molecule has 0 atom stereocenters. The highest BCUT2D eigenvalue weighted by Gasteiger charge is 2.05. The van der Waals surface area contributed by atoms with Crippen LogP contribution < -0.4 is 10.2 Å². The molecule has 1 aromatic heterocycles. The van der Waals surface area contributed by atoms with Gasteiger partial charge in [0.1, 0.15) is 23.0 Å². The third kappa shape index (κ3) is 4.21. The fraction of sp³-hybridized carbons (Fsp3) is 0.250. The summed E-state index contributed by atoms with van der Waals surface area (Å²) in [4.78, 5) is 11.8. The Bertz CT molecular complexity index is 642. The first kappa shape index (κ1) is 14.8. The summed E-state index contributed by atoms with van der Waals surface area (Å²) in [5.74, 6) is 2.05. The molecule has 0 aliphatic rings. The lowest BCUT2D eigenvalue weighted by atomic mass is 10.1. The number of hydrogen-bond acceptors (Lipinski definition) is 4. The summed E-state index contributed by atoms with van der Waals surface area (Å²) in [6.07, 6.45) is 0.262. The van der Waals surface area contributed by atoms with Gasteiger partial charge in [0.25, 0.3) is 0 Å². The van der Waals surface area contributed by atoms with Gasteiger partial charge in [-0.3, -0.25) is 4.79 Å². The van der Waals surface area contributed by atoms with Crippen LogP contribution in [0.25, 0.3) is 0 Å². The molecule has 0 radical (unpaired) electrons. The second kappa shape index (κ2) is 6.74. The van der Waals surface area contributed by atoms with Crippen molar-refractivity contribution in [2.75, 3.05) is 7.11 Å². The molecule has 5 nitrogen and oxygen atoms in total. The van der Waals surface area contributed by atoms with Crippen molar-refractivity contribution in [1.82, 2.24) is 5.43 Å². The first-order chi connectivity index (χ1) is 10.1. The Labute approximate surface area is 123 Å². The summed E-state index contributed by atoms with van der Waals surface area (Å²) < 4.78 is 10.5. The number of carbonyl (C=O) groups excluding carboxylic acids is 1. The quantitative estimate of drug-likeness (QED) is 0.679. The maximum atomic E-state index is 11.8. The fourth-order valence-electron chi connectivity index (χ4n) is 1.80. The van der Waals surface area contributed by atoms with E-state index in [4.69, 9.17) is 9.15 Å². The van der Waals surface area contributed by atoms with E-state index in [1.807, 2.05) is 43.3 Å². The van der Waals surface area contributed by atoms with Crippen molar-refractivity contribution in [2.24, 2.45) is 5.10 Å². The van der Waals surface area contributed by atoms with Gasteiger partial charge in [0, 0.05) is 0 Å². The highest BCUT2D eigenvalue weighted by molar-refractivity contribution is 5.96. The predicted molar refractivity (Wildman–Crippen MR) is 80.5 cm³/mol. The third-order valence-corrected chi connectivity index (χ3v) is 2.97. The number of hydrazone groups is 1. The van der Waals surface area contributed by atoms with Crippen molar-refractivity contribution < 1.29 is 13.9 Å². The van der Waals surface area contributed by atoms with Crippen LogP contribution in [-0.2, 0) is 11.2 Å². The molecule has 5 heteroatoms. The number of hydrogen-bond donors (Lipinski definition) is 1. The Morgan fingerprint density at radius 1 is 1.24 bits per heavy atom. The largest absolute Gasteiger partial charge is 0.497 e. The Morgan fingerprint density at radius 3 is 2.52 bits per heavy atom. The van der Waals surface area contributed by atoms with Crippen LogP contribution in [0.15, 0.2) is 45.9 Å². The molecule has 0 saturated carbocycles. The fourth-order valence-corrected chi connectivity index (χ4v) is 1.80. The minimum atomic E-state index is -0.178. The summed E-state index contributed by atoms with van der Waals surface area (Å²) in [5.41, 5.74) is 4.05. The van der Waals surface area contributed by atoms with E-state index >= 15 is 0 Å². The minimum absolute atomic E-state index is 0.178. The van der Waals surface area contributed by atoms with Gasteiger partial charge < -0.3 is 9.15 Å².